The molecule has 0 spiro atoms. The minimum Gasteiger partial charge on any atom is -0.454 e. The first-order valence-corrected chi connectivity index (χ1v) is 9.27. The predicted molar refractivity (Wildman–Crippen MR) is 110 cm³/mol. The van der Waals surface area contributed by atoms with Crippen molar-refractivity contribution in [2.45, 2.75) is 6.54 Å². The minimum absolute atomic E-state index is 0.194. The Bertz CT molecular complexity index is 1360. The second-order valence-electron chi connectivity index (χ2n) is 7.14. The lowest BCUT2D eigenvalue weighted by Crippen LogP contribution is -2.38. The monoisotopic (exact) mass is 389 g/mol. The van der Waals surface area contributed by atoms with Crippen LogP contribution in [0.2, 0.25) is 0 Å². The Morgan fingerprint density at radius 1 is 0.931 bits per heavy atom. The summed E-state index contributed by atoms with van der Waals surface area (Å²) in [6, 6.07) is 15.4. The third-order valence-corrected chi connectivity index (χ3v) is 5.31. The van der Waals surface area contributed by atoms with Gasteiger partial charge in [0.2, 0.25) is 6.79 Å². The number of benzene rings is 2. The Morgan fingerprint density at radius 3 is 2.48 bits per heavy atom. The van der Waals surface area contributed by atoms with Crippen LogP contribution in [0.1, 0.15) is 5.56 Å². The fourth-order valence-electron chi connectivity index (χ4n) is 3.86. The van der Waals surface area contributed by atoms with Crippen molar-refractivity contribution in [3.63, 3.8) is 0 Å². The van der Waals surface area contributed by atoms with Gasteiger partial charge in [0, 0.05) is 25.9 Å². The van der Waals surface area contributed by atoms with E-state index in [0.29, 0.717) is 29.1 Å². The van der Waals surface area contributed by atoms with Crippen LogP contribution in [0.5, 0.6) is 11.5 Å². The summed E-state index contributed by atoms with van der Waals surface area (Å²) in [6.07, 6.45) is 1.90. The maximum Gasteiger partial charge on any atom is 0.331 e. The molecule has 5 rings (SSSR count). The first-order valence-electron chi connectivity index (χ1n) is 9.27. The van der Waals surface area contributed by atoms with Crippen LogP contribution in [0, 0.1) is 0 Å². The number of rotatable bonds is 3. The summed E-state index contributed by atoms with van der Waals surface area (Å²) in [7, 11) is 3.33. The number of hydrogen-bond donors (Lipinski definition) is 0. The van der Waals surface area contributed by atoms with Crippen LogP contribution in [0.3, 0.4) is 0 Å². The van der Waals surface area contributed by atoms with Gasteiger partial charge in [0.1, 0.15) is 5.52 Å². The lowest BCUT2D eigenvalue weighted by atomic mass is 10.1. The highest BCUT2D eigenvalue weighted by Crippen LogP contribution is 2.33. The molecule has 0 aliphatic carbocycles. The van der Waals surface area contributed by atoms with E-state index in [-0.39, 0.29) is 18.0 Å². The van der Waals surface area contributed by atoms with Gasteiger partial charge in [0.25, 0.3) is 5.56 Å². The standard InChI is InChI=1S/C22H19N3O4/c1-23-12-16(15-6-4-3-5-7-15)19-20(23)21(26)24(2)22(27)25(19)11-14-8-9-17-18(10-14)29-13-28-17/h3-10,12H,11,13H2,1-2H3. The van der Waals surface area contributed by atoms with Gasteiger partial charge >= 0.3 is 5.69 Å². The van der Waals surface area contributed by atoms with E-state index in [1.165, 1.54) is 7.05 Å². The molecular weight excluding hydrogens is 370 g/mol. The van der Waals surface area contributed by atoms with Gasteiger partial charge in [-0.1, -0.05) is 36.4 Å². The first kappa shape index (κ1) is 17.4. The van der Waals surface area contributed by atoms with E-state index in [0.717, 1.165) is 21.3 Å². The summed E-state index contributed by atoms with van der Waals surface area (Å²) in [5.41, 5.74) is 3.14. The number of nitrogens with zero attached hydrogens (tertiary/aromatic N) is 3. The molecule has 0 saturated heterocycles. The fraction of sp³-hybridized carbons (Fsp3) is 0.182. The average molecular weight is 389 g/mol. The van der Waals surface area contributed by atoms with Gasteiger partial charge in [-0.15, -0.1) is 0 Å². The van der Waals surface area contributed by atoms with Gasteiger partial charge in [-0.25, -0.2) is 4.79 Å². The molecule has 7 nitrogen and oxygen atoms in total. The summed E-state index contributed by atoms with van der Waals surface area (Å²) >= 11 is 0. The summed E-state index contributed by atoms with van der Waals surface area (Å²) < 4.78 is 15.4. The molecule has 146 valence electrons. The summed E-state index contributed by atoms with van der Waals surface area (Å²) in [6.45, 7) is 0.504. The van der Waals surface area contributed by atoms with Gasteiger partial charge in [-0.3, -0.25) is 13.9 Å². The molecule has 0 radical (unpaired) electrons. The van der Waals surface area contributed by atoms with E-state index in [1.54, 1.807) is 9.13 Å². The molecule has 4 aromatic rings. The highest BCUT2D eigenvalue weighted by Gasteiger charge is 2.20. The van der Waals surface area contributed by atoms with E-state index < -0.39 is 0 Å². The highest BCUT2D eigenvalue weighted by molar-refractivity contribution is 5.93. The van der Waals surface area contributed by atoms with Gasteiger partial charge < -0.3 is 14.0 Å². The zero-order chi connectivity index (χ0) is 20.1. The first-order chi connectivity index (χ1) is 14.0. The van der Waals surface area contributed by atoms with E-state index in [1.807, 2.05) is 61.8 Å². The van der Waals surface area contributed by atoms with Gasteiger partial charge in [0.15, 0.2) is 11.5 Å². The lowest BCUT2D eigenvalue weighted by Gasteiger charge is -2.12. The summed E-state index contributed by atoms with van der Waals surface area (Å²) in [4.78, 5) is 26.0. The lowest BCUT2D eigenvalue weighted by molar-refractivity contribution is 0.174. The molecule has 0 saturated carbocycles. The number of hydrogen-bond acceptors (Lipinski definition) is 4. The molecule has 0 atom stereocenters. The van der Waals surface area contributed by atoms with Crippen LogP contribution in [0.15, 0.2) is 64.3 Å². The minimum atomic E-state index is -0.358. The van der Waals surface area contributed by atoms with Crippen LogP contribution in [0.25, 0.3) is 22.2 Å². The molecule has 29 heavy (non-hydrogen) atoms. The Balaban J connectivity index is 1.78. The number of ether oxygens (including phenoxy) is 2. The van der Waals surface area contributed by atoms with Crippen molar-refractivity contribution >= 4 is 11.0 Å². The van der Waals surface area contributed by atoms with Crippen molar-refractivity contribution in [1.29, 1.82) is 0 Å². The van der Waals surface area contributed by atoms with Crippen molar-refractivity contribution in [2.75, 3.05) is 6.79 Å². The fourth-order valence-corrected chi connectivity index (χ4v) is 3.86. The summed E-state index contributed by atoms with van der Waals surface area (Å²) in [5.74, 6) is 1.35. The Morgan fingerprint density at radius 2 is 1.69 bits per heavy atom. The number of aromatic nitrogens is 3. The molecule has 3 heterocycles. The van der Waals surface area contributed by atoms with Crippen LogP contribution in [-0.4, -0.2) is 20.5 Å². The quantitative estimate of drug-likeness (QED) is 0.540. The van der Waals surface area contributed by atoms with E-state index in [9.17, 15) is 9.59 Å². The van der Waals surface area contributed by atoms with Crippen LogP contribution >= 0.6 is 0 Å². The van der Waals surface area contributed by atoms with Crippen molar-refractivity contribution in [2.24, 2.45) is 14.1 Å². The smallest absolute Gasteiger partial charge is 0.331 e. The molecule has 2 aromatic heterocycles. The average Bonchev–Trinajstić information content (AvgIpc) is 3.34. The molecule has 0 fully saturated rings. The molecule has 0 amide bonds. The molecule has 2 aromatic carbocycles. The van der Waals surface area contributed by atoms with E-state index in [2.05, 4.69) is 0 Å². The number of fused-ring (bicyclic) bond motifs is 2. The third kappa shape index (κ3) is 2.66. The van der Waals surface area contributed by atoms with E-state index in [4.69, 9.17) is 9.47 Å². The molecule has 0 bridgehead atoms. The van der Waals surface area contributed by atoms with Crippen LogP contribution < -0.4 is 20.7 Å². The summed E-state index contributed by atoms with van der Waals surface area (Å²) in [5, 5.41) is 0. The van der Waals surface area contributed by atoms with Gasteiger partial charge in [-0.2, -0.15) is 0 Å². The Labute approximate surface area is 166 Å². The molecule has 0 unspecified atom stereocenters. The molecular formula is C22H19N3O4. The Hall–Kier alpha value is -3.74. The topological polar surface area (TPSA) is 67.4 Å². The van der Waals surface area contributed by atoms with Crippen LogP contribution in [0.4, 0.5) is 0 Å². The van der Waals surface area contributed by atoms with Gasteiger partial charge in [0.05, 0.1) is 12.1 Å². The normalized spacial score (nSPS) is 12.6. The Kier molecular flexibility index (Phi) is 3.84. The third-order valence-electron chi connectivity index (χ3n) is 5.31. The SMILES string of the molecule is Cn1c(=O)c2c(c(-c3ccccc3)cn2C)n(Cc2ccc3c(c2)OCO3)c1=O. The molecule has 0 N–H and O–H groups in total. The molecule has 1 aliphatic heterocycles. The molecule has 1 aliphatic rings. The largest absolute Gasteiger partial charge is 0.454 e. The van der Waals surface area contributed by atoms with Crippen molar-refractivity contribution < 1.29 is 9.47 Å². The zero-order valence-electron chi connectivity index (χ0n) is 16.1. The second-order valence-corrected chi connectivity index (χ2v) is 7.14. The van der Waals surface area contributed by atoms with Gasteiger partial charge in [-0.05, 0) is 23.3 Å². The predicted octanol–water partition coefficient (Wildman–Crippen LogP) is 2.48. The van der Waals surface area contributed by atoms with Crippen molar-refractivity contribution in [1.82, 2.24) is 13.7 Å². The maximum atomic E-state index is 13.1. The van der Waals surface area contributed by atoms with Crippen molar-refractivity contribution in [3.8, 4) is 22.6 Å². The van der Waals surface area contributed by atoms with Crippen molar-refractivity contribution in [3.05, 3.63) is 81.1 Å². The second kappa shape index (κ2) is 6.41. The van der Waals surface area contributed by atoms with Crippen LogP contribution in [-0.2, 0) is 20.6 Å². The zero-order valence-corrected chi connectivity index (χ0v) is 16.1. The molecule has 7 heteroatoms. The highest BCUT2D eigenvalue weighted by atomic mass is 16.7. The maximum absolute atomic E-state index is 13.1. The van der Waals surface area contributed by atoms with E-state index >= 15 is 0 Å². The number of aryl methyl sites for hydroxylation is 1.